The molecule has 7 heteroatoms. The minimum Gasteiger partial charge on any atom is -0.326 e. The molecule has 1 aliphatic heterocycles. The van der Waals surface area contributed by atoms with E-state index in [4.69, 9.17) is 14.4 Å². The van der Waals surface area contributed by atoms with Crippen molar-refractivity contribution in [2.24, 2.45) is 0 Å². The highest BCUT2D eigenvalue weighted by molar-refractivity contribution is 7.30. The monoisotopic (exact) mass is 179 g/mol. The van der Waals surface area contributed by atoms with Crippen LogP contribution in [-0.4, -0.2) is 21.6 Å². The molecule has 0 aromatic heterocycles. The van der Waals surface area contributed by atoms with Gasteiger partial charge in [0.25, 0.3) is 11.8 Å². The molecular weight excluding hydrogens is 173 g/mol. The van der Waals surface area contributed by atoms with Gasteiger partial charge < -0.3 is 9.79 Å². The van der Waals surface area contributed by atoms with E-state index in [1.54, 1.807) is 0 Å². The summed E-state index contributed by atoms with van der Waals surface area (Å²) in [6.07, 6.45) is 2.39. The predicted octanol–water partition coefficient (Wildman–Crippen LogP) is -1.44. The topological polar surface area (TPSA) is 104 Å². The van der Waals surface area contributed by atoms with Gasteiger partial charge >= 0.3 is 8.25 Å². The van der Waals surface area contributed by atoms with Gasteiger partial charge in [-0.1, -0.05) is 0 Å². The fourth-order valence-electron chi connectivity index (χ4n) is 0.356. The molecule has 1 rings (SSSR count). The van der Waals surface area contributed by atoms with Crippen LogP contribution in [0.3, 0.4) is 0 Å². The van der Waals surface area contributed by atoms with E-state index in [2.05, 4.69) is 0 Å². The lowest BCUT2D eigenvalue weighted by molar-refractivity contribution is -0.123. The molecule has 0 aromatic rings. The van der Waals surface area contributed by atoms with Crippen LogP contribution in [0.2, 0.25) is 0 Å². The fraction of sp³-hybridized carbons (Fsp3) is 0. The third-order valence-electron chi connectivity index (χ3n) is 0.632. The summed E-state index contributed by atoms with van der Waals surface area (Å²) in [6, 6.07) is 0. The molecule has 1 aliphatic rings. The molecule has 0 saturated heterocycles. The molecule has 2 amide bonds. The zero-order valence-corrected chi connectivity index (χ0v) is 6.27. The molecule has 11 heavy (non-hydrogen) atoms. The summed E-state index contributed by atoms with van der Waals surface area (Å²) in [4.78, 5) is 34.4. The quantitative estimate of drug-likeness (QED) is 0.312. The summed E-state index contributed by atoms with van der Waals surface area (Å²) in [6.45, 7) is 0. The lowest BCUT2D eigenvalue weighted by Crippen LogP contribution is -2.19. The van der Waals surface area contributed by atoms with Crippen LogP contribution in [0.4, 0.5) is 0 Å². The Kier molecular flexibility index (Phi) is 4.36. The summed E-state index contributed by atoms with van der Waals surface area (Å²) >= 11 is 0. The standard InChI is InChI=1S/C4H3NO2.H3O3P/c6-3-1-2-4(7)5-3;1-4(2)3/h1-2H,(H,5,6,7);4H,(H2,1,2,3). The zero-order chi connectivity index (χ0) is 8.85. The van der Waals surface area contributed by atoms with Crippen molar-refractivity contribution in [1.29, 1.82) is 0 Å². The molecule has 0 radical (unpaired) electrons. The highest BCUT2D eigenvalue weighted by Crippen LogP contribution is 1.98. The maximum Gasteiger partial charge on any atom is 0.314 e. The summed E-state index contributed by atoms with van der Waals surface area (Å²) < 4.78 is 8.74. The molecule has 0 atom stereocenters. The number of imide groups is 1. The minimum absolute atomic E-state index is 0.329. The first-order valence-corrected chi connectivity index (χ1v) is 3.77. The second kappa shape index (κ2) is 4.79. The summed E-state index contributed by atoms with van der Waals surface area (Å²) in [5, 5.41) is 2.03. The van der Waals surface area contributed by atoms with Crippen molar-refractivity contribution in [2.45, 2.75) is 0 Å². The van der Waals surface area contributed by atoms with Crippen LogP contribution in [0.5, 0.6) is 0 Å². The molecule has 1 heterocycles. The summed E-state index contributed by atoms with van der Waals surface area (Å²) in [5.41, 5.74) is 0. The first-order valence-electron chi connectivity index (χ1n) is 2.47. The van der Waals surface area contributed by atoms with Gasteiger partial charge in [-0.05, 0) is 0 Å². The zero-order valence-electron chi connectivity index (χ0n) is 5.27. The first kappa shape index (κ1) is 10.0. The molecule has 0 aliphatic carbocycles. The van der Waals surface area contributed by atoms with E-state index in [1.807, 2.05) is 5.32 Å². The third kappa shape index (κ3) is 6.92. The molecule has 0 aromatic carbocycles. The molecule has 0 bridgehead atoms. The molecule has 0 spiro atoms. The summed E-state index contributed by atoms with van der Waals surface area (Å²) in [7, 11) is -3.13. The predicted molar refractivity (Wildman–Crippen MR) is 35.7 cm³/mol. The largest absolute Gasteiger partial charge is 0.326 e. The van der Waals surface area contributed by atoms with E-state index >= 15 is 0 Å². The van der Waals surface area contributed by atoms with Gasteiger partial charge in [0.15, 0.2) is 0 Å². The molecule has 0 unspecified atom stereocenters. The van der Waals surface area contributed by atoms with Gasteiger partial charge in [-0.2, -0.15) is 0 Å². The van der Waals surface area contributed by atoms with Crippen LogP contribution in [-0.2, 0) is 14.2 Å². The highest BCUT2D eigenvalue weighted by atomic mass is 31.1. The maximum absolute atomic E-state index is 10.0. The Bertz CT molecular complexity index is 203. The average Bonchev–Trinajstić information content (AvgIpc) is 2.13. The third-order valence-corrected chi connectivity index (χ3v) is 0.632. The van der Waals surface area contributed by atoms with Crippen LogP contribution >= 0.6 is 8.25 Å². The van der Waals surface area contributed by atoms with E-state index < -0.39 is 8.25 Å². The van der Waals surface area contributed by atoms with Crippen molar-refractivity contribution in [1.82, 2.24) is 5.32 Å². The lowest BCUT2D eigenvalue weighted by Gasteiger charge is -1.80. The lowest BCUT2D eigenvalue weighted by atomic mass is 10.6. The Morgan fingerprint density at radius 3 is 1.55 bits per heavy atom. The van der Waals surface area contributed by atoms with Crippen molar-refractivity contribution >= 4 is 20.1 Å². The van der Waals surface area contributed by atoms with Crippen LogP contribution in [0.25, 0.3) is 0 Å². The van der Waals surface area contributed by atoms with Crippen LogP contribution in [0.15, 0.2) is 12.2 Å². The number of hydrogen-bond donors (Lipinski definition) is 3. The van der Waals surface area contributed by atoms with Gasteiger partial charge in [0.2, 0.25) is 0 Å². The van der Waals surface area contributed by atoms with Crippen LogP contribution in [0.1, 0.15) is 0 Å². The van der Waals surface area contributed by atoms with Crippen molar-refractivity contribution in [3.05, 3.63) is 12.2 Å². The van der Waals surface area contributed by atoms with Crippen LogP contribution in [0, 0.1) is 0 Å². The Labute approximate surface area is 62.5 Å². The molecule has 6 nitrogen and oxygen atoms in total. The normalized spacial score (nSPS) is 14.5. The molecule has 0 fully saturated rings. The van der Waals surface area contributed by atoms with E-state index in [0.29, 0.717) is 0 Å². The van der Waals surface area contributed by atoms with Crippen molar-refractivity contribution in [2.75, 3.05) is 0 Å². The second-order valence-electron chi connectivity index (χ2n) is 1.47. The highest BCUT2D eigenvalue weighted by Gasteiger charge is 2.06. The van der Waals surface area contributed by atoms with E-state index in [1.165, 1.54) is 12.2 Å². The van der Waals surface area contributed by atoms with Crippen molar-refractivity contribution < 1.29 is 23.9 Å². The SMILES string of the molecule is O=C1C=CC(=O)N1.O=[PH](O)O. The number of carbonyl (C=O) groups is 2. The Morgan fingerprint density at radius 2 is 1.45 bits per heavy atom. The Hall–Kier alpha value is -0.970. The Morgan fingerprint density at radius 1 is 1.18 bits per heavy atom. The van der Waals surface area contributed by atoms with E-state index in [0.717, 1.165) is 0 Å². The smallest absolute Gasteiger partial charge is 0.314 e. The molecule has 62 valence electrons. The maximum atomic E-state index is 10.0. The number of amides is 2. The van der Waals surface area contributed by atoms with Gasteiger partial charge in [-0.3, -0.25) is 19.5 Å². The van der Waals surface area contributed by atoms with Gasteiger partial charge in [0, 0.05) is 12.2 Å². The van der Waals surface area contributed by atoms with Crippen molar-refractivity contribution in [3.63, 3.8) is 0 Å². The van der Waals surface area contributed by atoms with Gasteiger partial charge in [0.05, 0.1) is 0 Å². The number of nitrogens with one attached hydrogen (secondary N) is 1. The number of hydrogen-bond acceptors (Lipinski definition) is 3. The van der Waals surface area contributed by atoms with Crippen molar-refractivity contribution in [3.8, 4) is 0 Å². The van der Waals surface area contributed by atoms with Gasteiger partial charge in [-0.15, -0.1) is 0 Å². The average molecular weight is 179 g/mol. The summed E-state index contributed by atoms with van der Waals surface area (Å²) in [5.74, 6) is -0.657. The van der Waals surface area contributed by atoms with Gasteiger partial charge in [0.1, 0.15) is 0 Å². The fourth-order valence-corrected chi connectivity index (χ4v) is 0.356. The second-order valence-corrected chi connectivity index (χ2v) is 2.03. The molecular formula is C4H6NO5P. The van der Waals surface area contributed by atoms with E-state index in [-0.39, 0.29) is 11.8 Å². The van der Waals surface area contributed by atoms with E-state index in [9.17, 15) is 9.59 Å². The molecule has 0 saturated carbocycles. The number of carbonyl (C=O) groups excluding carboxylic acids is 2. The molecule has 3 N–H and O–H groups in total. The number of rotatable bonds is 0. The van der Waals surface area contributed by atoms with Crippen LogP contribution < -0.4 is 5.32 Å². The minimum atomic E-state index is -3.13. The van der Waals surface area contributed by atoms with Gasteiger partial charge in [-0.25, -0.2) is 0 Å². The Balaban J connectivity index is 0.000000218. The first-order chi connectivity index (χ1) is 5.02.